The van der Waals surface area contributed by atoms with Crippen LogP contribution in [0, 0.1) is 11.6 Å². The van der Waals surface area contributed by atoms with Gasteiger partial charge in [-0.1, -0.05) is 17.8 Å². The molecule has 0 bridgehead atoms. The van der Waals surface area contributed by atoms with Crippen LogP contribution in [0.5, 0.6) is 0 Å². The number of nitrogens with zero attached hydrogens (tertiary/aromatic N) is 3. The molecule has 0 spiro atoms. The minimum absolute atomic E-state index is 0.538. The SMILES string of the molecule is Fc1ccc(CSc2nccnc2N2CCCCC2)cc1F. The van der Waals surface area contributed by atoms with E-state index in [0.717, 1.165) is 35.6 Å². The third kappa shape index (κ3) is 3.55. The van der Waals surface area contributed by atoms with Crippen molar-refractivity contribution in [2.75, 3.05) is 18.0 Å². The lowest BCUT2D eigenvalue weighted by Gasteiger charge is -2.28. The smallest absolute Gasteiger partial charge is 0.161 e. The lowest BCUT2D eigenvalue weighted by Crippen LogP contribution is -2.30. The fourth-order valence-electron chi connectivity index (χ4n) is 2.52. The number of halogens is 2. The Morgan fingerprint density at radius 2 is 1.77 bits per heavy atom. The zero-order valence-corrected chi connectivity index (χ0v) is 13.0. The molecule has 0 unspecified atom stereocenters. The molecule has 116 valence electrons. The fourth-order valence-corrected chi connectivity index (χ4v) is 3.45. The summed E-state index contributed by atoms with van der Waals surface area (Å²) in [5.41, 5.74) is 0.735. The van der Waals surface area contributed by atoms with Crippen LogP contribution < -0.4 is 4.90 Å². The van der Waals surface area contributed by atoms with Crippen molar-refractivity contribution in [2.45, 2.75) is 30.0 Å². The Bertz CT molecular complexity index is 645. The molecule has 1 fully saturated rings. The molecular weight excluding hydrogens is 304 g/mol. The minimum Gasteiger partial charge on any atom is -0.354 e. The maximum Gasteiger partial charge on any atom is 0.161 e. The molecule has 0 saturated carbocycles. The molecule has 0 amide bonds. The quantitative estimate of drug-likeness (QED) is 0.795. The van der Waals surface area contributed by atoms with Gasteiger partial charge in [0.05, 0.1) is 0 Å². The number of aromatic nitrogens is 2. The number of anilines is 1. The van der Waals surface area contributed by atoms with Crippen molar-refractivity contribution in [1.82, 2.24) is 9.97 Å². The zero-order valence-electron chi connectivity index (χ0n) is 12.1. The van der Waals surface area contributed by atoms with E-state index in [1.807, 2.05) is 0 Å². The van der Waals surface area contributed by atoms with E-state index in [9.17, 15) is 8.78 Å². The minimum atomic E-state index is -0.817. The first-order valence-corrected chi connectivity index (χ1v) is 8.35. The van der Waals surface area contributed by atoms with Crippen LogP contribution >= 0.6 is 11.8 Å². The first-order chi connectivity index (χ1) is 10.7. The van der Waals surface area contributed by atoms with E-state index in [2.05, 4.69) is 14.9 Å². The van der Waals surface area contributed by atoms with Gasteiger partial charge in [-0.15, -0.1) is 0 Å². The average Bonchev–Trinajstić information content (AvgIpc) is 2.57. The highest BCUT2D eigenvalue weighted by atomic mass is 32.2. The predicted octanol–water partition coefficient (Wildman–Crippen LogP) is 4.04. The second-order valence-electron chi connectivity index (χ2n) is 5.27. The van der Waals surface area contributed by atoms with E-state index < -0.39 is 11.6 Å². The Labute approximate surface area is 132 Å². The Kier molecular flexibility index (Phi) is 4.87. The monoisotopic (exact) mass is 321 g/mol. The van der Waals surface area contributed by atoms with E-state index in [1.165, 1.54) is 37.1 Å². The molecule has 1 aliphatic rings. The predicted molar refractivity (Wildman–Crippen MR) is 84.0 cm³/mol. The molecule has 0 N–H and O–H groups in total. The molecule has 3 nitrogen and oxygen atoms in total. The molecule has 1 saturated heterocycles. The van der Waals surface area contributed by atoms with E-state index in [4.69, 9.17) is 0 Å². The van der Waals surface area contributed by atoms with Crippen molar-refractivity contribution in [1.29, 1.82) is 0 Å². The van der Waals surface area contributed by atoms with Crippen molar-refractivity contribution < 1.29 is 8.78 Å². The number of hydrogen-bond donors (Lipinski definition) is 0. The highest BCUT2D eigenvalue weighted by Crippen LogP contribution is 2.30. The van der Waals surface area contributed by atoms with Gasteiger partial charge in [0.2, 0.25) is 0 Å². The van der Waals surface area contributed by atoms with Gasteiger partial charge < -0.3 is 4.90 Å². The van der Waals surface area contributed by atoms with Gasteiger partial charge in [0.15, 0.2) is 17.5 Å². The van der Waals surface area contributed by atoms with Gasteiger partial charge in [-0.3, -0.25) is 0 Å². The van der Waals surface area contributed by atoms with Crippen LogP contribution in [0.2, 0.25) is 0 Å². The van der Waals surface area contributed by atoms with Crippen molar-refractivity contribution >= 4 is 17.6 Å². The molecule has 1 aromatic carbocycles. The Morgan fingerprint density at radius 3 is 2.55 bits per heavy atom. The van der Waals surface area contributed by atoms with E-state index in [0.29, 0.717) is 5.75 Å². The van der Waals surface area contributed by atoms with Gasteiger partial charge in [0, 0.05) is 31.2 Å². The molecule has 0 atom stereocenters. The third-order valence-corrected chi connectivity index (χ3v) is 4.70. The summed E-state index contributed by atoms with van der Waals surface area (Å²) in [5, 5.41) is 0.842. The van der Waals surface area contributed by atoms with Crippen LogP contribution in [0.4, 0.5) is 14.6 Å². The highest BCUT2D eigenvalue weighted by Gasteiger charge is 2.17. The van der Waals surface area contributed by atoms with E-state index in [1.54, 1.807) is 18.5 Å². The van der Waals surface area contributed by atoms with Crippen molar-refractivity contribution in [3.8, 4) is 0 Å². The van der Waals surface area contributed by atoms with Crippen LogP contribution in [0.25, 0.3) is 0 Å². The Balaban J connectivity index is 1.73. The second kappa shape index (κ2) is 7.05. The summed E-state index contributed by atoms with van der Waals surface area (Å²) < 4.78 is 26.2. The highest BCUT2D eigenvalue weighted by molar-refractivity contribution is 7.98. The van der Waals surface area contributed by atoms with Gasteiger partial charge in [0.25, 0.3) is 0 Å². The summed E-state index contributed by atoms with van der Waals surface area (Å²) in [6.45, 7) is 1.99. The zero-order chi connectivity index (χ0) is 15.4. The van der Waals surface area contributed by atoms with Gasteiger partial charge in [-0.05, 0) is 37.0 Å². The standard InChI is InChI=1S/C16H17F2N3S/c17-13-5-4-12(10-14(13)18)11-22-16-15(19-6-7-20-16)21-8-2-1-3-9-21/h4-7,10H,1-3,8-9,11H2. The maximum atomic E-state index is 13.3. The van der Waals surface area contributed by atoms with Crippen LogP contribution in [-0.4, -0.2) is 23.1 Å². The number of piperidine rings is 1. The topological polar surface area (TPSA) is 29.0 Å². The second-order valence-corrected chi connectivity index (χ2v) is 6.23. The number of hydrogen-bond acceptors (Lipinski definition) is 4. The van der Waals surface area contributed by atoms with Crippen LogP contribution in [0.1, 0.15) is 24.8 Å². The molecule has 0 aliphatic carbocycles. The van der Waals surface area contributed by atoms with Gasteiger partial charge in [-0.25, -0.2) is 18.7 Å². The van der Waals surface area contributed by atoms with Crippen molar-refractivity contribution in [3.05, 3.63) is 47.8 Å². The molecule has 2 aromatic rings. The number of rotatable bonds is 4. The Morgan fingerprint density at radius 1 is 1.00 bits per heavy atom. The molecule has 0 radical (unpaired) electrons. The summed E-state index contributed by atoms with van der Waals surface area (Å²) in [7, 11) is 0. The number of benzene rings is 1. The average molecular weight is 321 g/mol. The fraction of sp³-hybridized carbons (Fsp3) is 0.375. The lowest BCUT2D eigenvalue weighted by molar-refractivity contribution is 0.507. The number of thioether (sulfide) groups is 1. The normalized spacial score (nSPS) is 15.1. The molecule has 3 rings (SSSR count). The summed E-state index contributed by atoms with van der Waals surface area (Å²) in [6.07, 6.45) is 6.97. The largest absolute Gasteiger partial charge is 0.354 e. The lowest BCUT2D eigenvalue weighted by atomic mass is 10.1. The van der Waals surface area contributed by atoms with Crippen molar-refractivity contribution in [3.63, 3.8) is 0 Å². The summed E-state index contributed by atoms with van der Waals surface area (Å²) in [5.74, 6) is -0.193. The first kappa shape index (κ1) is 15.2. The van der Waals surface area contributed by atoms with Gasteiger partial charge in [-0.2, -0.15) is 0 Å². The van der Waals surface area contributed by atoms with Crippen LogP contribution in [0.15, 0.2) is 35.6 Å². The van der Waals surface area contributed by atoms with Crippen molar-refractivity contribution in [2.24, 2.45) is 0 Å². The molecule has 22 heavy (non-hydrogen) atoms. The first-order valence-electron chi connectivity index (χ1n) is 7.37. The molecule has 1 aliphatic heterocycles. The van der Waals surface area contributed by atoms with Gasteiger partial charge >= 0.3 is 0 Å². The Hall–Kier alpha value is -1.69. The molecular formula is C16H17F2N3S. The summed E-state index contributed by atoms with van der Waals surface area (Å²) in [6, 6.07) is 4.00. The molecule has 1 aromatic heterocycles. The maximum absolute atomic E-state index is 13.3. The van der Waals surface area contributed by atoms with Crippen LogP contribution in [-0.2, 0) is 5.75 Å². The molecule has 6 heteroatoms. The summed E-state index contributed by atoms with van der Waals surface area (Å²) >= 11 is 1.50. The summed E-state index contributed by atoms with van der Waals surface area (Å²) in [4.78, 5) is 11.1. The van der Waals surface area contributed by atoms with E-state index >= 15 is 0 Å². The molecule has 2 heterocycles. The third-order valence-electron chi connectivity index (χ3n) is 3.66. The van der Waals surface area contributed by atoms with Gasteiger partial charge in [0.1, 0.15) is 5.03 Å². The van der Waals surface area contributed by atoms with E-state index in [-0.39, 0.29) is 0 Å². The van der Waals surface area contributed by atoms with Crippen LogP contribution in [0.3, 0.4) is 0 Å².